The van der Waals surface area contributed by atoms with Gasteiger partial charge in [0.15, 0.2) is 0 Å². The molecule has 0 radical (unpaired) electrons. The summed E-state index contributed by atoms with van der Waals surface area (Å²) in [5.74, 6) is -0.275. The highest BCUT2D eigenvalue weighted by molar-refractivity contribution is 7.18. The van der Waals surface area contributed by atoms with Crippen LogP contribution in [0.4, 0.5) is 9.93 Å². The Labute approximate surface area is 188 Å². The van der Waals surface area contributed by atoms with Crippen LogP contribution in [0.25, 0.3) is 21.5 Å². The van der Waals surface area contributed by atoms with Crippen LogP contribution < -0.4 is 5.32 Å². The molecule has 2 aromatic carbocycles. The van der Waals surface area contributed by atoms with Crippen molar-refractivity contribution in [3.63, 3.8) is 0 Å². The number of nitrogens with one attached hydrogen (secondary N) is 2. The third-order valence-corrected chi connectivity index (χ3v) is 6.34. The van der Waals surface area contributed by atoms with Crippen molar-refractivity contribution in [2.24, 2.45) is 0 Å². The minimum atomic E-state index is -0.582. The molecule has 1 saturated heterocycles. The Morgan fingerprint density at radius 3 is 2.91 bits per heavy atom. The van der Waals surface area contributed by atoms with Crippen molar-refractivity contribution in [2.75, 3.05) is 11.9 Å². The molecule has 2 aromatic heterocycles. The summed E-state index contributed by atoms with van der Waals surface area (Å²) in [5, 5.41) is 13.3. The number of fused-ring (bicyclic) bond motifs is 1. The van der Waals surface area contributed by atoms with Gasteiger partial charge in [0.05, 0.1) is 0 Å². The van der Waals surface area contributed by atoms with Crippen LogP contribution in [0.2, 0.25) is 0 Å². The van der Waals surface area contributed by atoms with Crippen molar-refractivity contribution in [1.29, 1.82) is 0 Å². The summed E-state index contributed by atoms with van der Waals surface area (Å²) in [4.78, 5) is 30.1. The molecular weight excluding hydrogens is 426 g/mol. The number of hydrogen-bond acceptors (Lipinski definition) is 6. The van der Waals surface area contributed by atoms with Crippen LogP contribution >= 0.6 is 11.3 Å². The molecule has 2 amide bonds. The number of likely N-dealkylation sites (tertiary alicyclic amines) is 1. The summed E-state index contributed by atoms with van der Waals surface area (Å²) >= 11 is 1.30. The van der Waals surface area contributed by atoms with E-state index in [0.717, 1.165) is 28.5 Å². The zero-order chi connectivity index (χ0) is 21.9. The lowest BCUT2D eigenvalue weighted by Gasteiger charge is -2.22. The topological polar surface area (TPSA) is 100 Å². The highest BCUT2D eigenvalue weighted by Crippen LogP contribution is 2.29. The van der Waals surface area contributed by atoms with Crippen LogP contribution in [-0.2, 0) is 16.1 Å². The van der Waals surface area contributed by atoms with Gasteiger partial charge in [0.25, 0.3) is 0 Å². The fourth-order valence-electron chi connectivity index (χ4n) is 3.83. The van der Waals surface area contributed by atoms with Crippen LogP contribution in [0.3, 0.4) is 0 Å². The van der Waals surface area contributed by atoms with Gasteiger partial charge < -0.3 is 9.72 Å². The molecule has 1 fully saturated rings. The molecular formula is C23H21N5O3S. The van der Waals surface area contributed by atoms with Gasteiger partial charge in [-0.15, -0.1) is 10.2 Å². The molecule has 9 heteroatoms. The van der Waals surface area contributed by atoms with E-state index in [1.165, 1.54) is 16.2 Å². The lowest BCUT2D eigenvalue weighted by molar-refractivity contribution is -0.120. The molecule has 0 aliphatic carbocycles. The molecule has 162 valence electrons. The van der Waals surface area contributed by atoms with Gasteiger partial charge in [-0.2, -0.15) is 0 Å². The van der Waals surface area contributed by atoms with Crippen molar-refractivity contribution >= 4 is 39.4 Å². The number of carbonyl (C=O) groups is 2. The predicted molar refractivity (Wildman–Crippen MR) is 122 cm³/mol. The molecule has 0 saturated carbocycles. The minimum absolute atomic E-state index is 0.176. The number of hydrogen-bond donors (Lipinski definition) is 2. The second-order valence-electron chi connectivity index (χ2n) is 7.57. The zero-order valence-electron chi connectivity index (χ0n) is 17.2. The molecule has 8 nitrogen and oxygen atoms in total. The first-order chi connectivity index (χ1) is 15.7. The molecule has 4 aromatic rings. The number of aromatic nitrogens is 3. The highest BCUT2D eigenvalue weighted by Gasteiger charge is 2.35. The van der Waals surface area contributed by atoms with Crippen LogP contribution in [-0.4, -0.2) is 44.7 Å². The van der Waals surface area contributed by atoms with Gasteiger partial charge in [-0.3, -0.25) is 15.0 Å². The third-order valence-electron chi connectivity index (χ3n) is 5.45. The number of nitrogens with zero attached hydrogens (tertiary/aromatic N) is 3. The molecule has 2 N–H and O–H groups in total. The number of anilines is 1. The quantitative estimate of drug-likeness (QED) is 0.472. The largest absolute Gasteiger partial charge is 0.445 e. The summed E-state index contributed by atoms with van der Waals surface area (Å²) in [7, 11) is 0. The molecule has 0 unspecified atom stereocenters. The molecule has 3 heterocycles. The van der Waals surface area contributed by atoms with Gasteiger partial charge in [-0.1, -0.05) is 41.7 Å². The average Bonchev–Trinajstić information content (AvgIpc) is 3.58. The maximum Gasteiger partial charge on any atom is 0.410 e. The predicted octanol–water partition coefficient (Wildman–Crippen LogP) is 4.43. The minimum Gasteiger partial charge on any atom is -0.445 e. The van der Waals surface area contributed by atoms with Gasteiger partial charge >= 0.3 is 6.09 Å². The van der Waals surface area contributed by atoms with E-state index in [9.17, 15) is 9.59 Å². The summed E-state index contributed by atoms with van der Waals surface area (Å²) in [6.07, 6.45) is 2.74. The second-order valence-corrected chi connectivity index (χ2v) is 8.55. The number of benzene rings is 2. The summed E-state index contributed by atoms with van der Waals surface area (Å²) in [6, 6.07) is 16.9. The highest BCUT2D eigenvalue weighted by atomic mass is 32.1. The number of rotatable bonds is 5. The molecule has 0 spiro atoms. The Morgan fingerprint density at radius 1 is 1.16 bits per heavy atom. The Hall–Kier alpha value is -3.72. The van der Waals surface area contributed by atoms with E-state index < -0.39 is 12.1 Å². The van der Waals surface area contributed by atoms with Crippen LogP contribution in [0.5, 0.6) is 0 Å². The maximum absolute atomic E-state index is 12.9. The first-order valence-electron chi connectivity index (χ1n) is 10.4. The molecule has 1 aliphatic heterocycles. The van der Waals surface area contributed by atoms with E-state index in [2.05, 4.69) is 20.5 Å². The monoisotopic (exact) mass is 447 g/mol. The number of ether oxygens (including phenoxy) is 1. The Kier molecular flexibility index (Phi) is 5.55. The maximum atomic E-state index is 12.9. The molecule has 1 aliphatic rings. The van der Waals surface area contributed by atoms with E-state index in [-0.39, 0.29) is 12.5 Å². The van der Waals surface area contributed by atoms with Gasteiger partial charge in [0.1, 0.15) is 17.7 Å². The Morgan fingerprint density at radius 2 is 2.03 bits per heavy atom. The Balaban J connectivity index is 1.22. The Bertz CT molecular complexity index is 1250. The first kappa shape index (κ1) is 20.2. The fraction of sp³-hybridized carbons (Fsp3) is 0.217. The van der Waals surface area contributed by atoms with Crippen LogP contribution in [0.15, 0.2) is 60.8 Å². The number of H-pyrrole nitrogens is 1. The molecule has 5 rings (SSSR count). The van der Waals surface area contributed by atoms with E-state index >= 15 is 0 Å². The number of amides is 2. The number of carbonyl (C=O) groups excluding carboxylic acids is 2. The summed E-state index contributed by atoms with van der Waals surface area (Å²) < 4.78 is 5.41. The number of aromatic amines is 1. The average molecular weight is 448 g/mol. The molecule has 1 atom stereocenters. The lowest BCUT2D eigenvalue weighted by atomic mass is 10.2. The van der Waals surface area contributed by atoms with E-state index in [0.29, 0.717) is 23.1 Å². The normalized spacial score (nSPS) is 15.8. The van der Waals surface area contributed by atoms with Crippen molar-refractivity contribution in [1.82, 2.24) is 20.1 Å². The van der Waals surface area contributed by atoms with Crippen molar-refractivity contribution < 1.29 is 14.3 Å². The molecule has 0 bridgehead atoms. The zero-order valence-corrected chi connectivity index (χ0v) is 18.0. The van der Waals surface area contributed by atoms with E-state index in [1.54, 1.807) is 0 Å². The van der Waals surface area contributed by atoms with Gasteiger partial charge in [-0.05, 0) is 42.7 Å². The lowest BCUT2D eigenvalue weighted by Crippen LogP contribution is -2.43. The molecule has 32 heavy (non-hydrogen) atoms. The smallest absolute Gasteiger partial charge is 0.410 e. The fourth-order valence-corrected chi connectivity index (χ4v) is 4.57. The van der Waals surface area contributed by atoms with E-state index in [4.69, 9.17) is 4.74 Å². The SMILES string of the molecule is O=C(Nc1nnc(-c2ccc3[nH]ccc3c2)s1)[C@@H]1CCCN1C(=O)OCc1ccccc1. The summed E-state index contributed by atoms with van der Waals surface area (Å²) in [5.41, 5.74) is 2.88. The van der Waals surface area contributed by atoms with Crippen LogP contribution in [0, 0.1) is 0 Å². The second kappa shape index (κ2) is 8.80. The third kappa shape index (κ3) is 4.19. The van der Waals surface area contributed by atoms with Crippen molar-refractivity contribution in [2.45, 2.75) is 25.5 Å². The van der Waals surface area contributed by atoms with Gasteiger partial charge in [-0.25, -0.2) is 4.79 Å². The van der Waals surface area contributed by atoms with Gasteiger partial charge in [0, 0.05) is 29.2 Å². The summed E-state index contributed by atoms with van der Waals surface area (Å²) in [6.45, 7) is 0.666. The van der Waals surface area contributed by atoms with Crippen molar-refractivity contribution in [3.8, 4) is 10.6 Å². The standard InChI is InChI=1S/C23H21N5O3S/c29-20(19-7-4-12-28(19)23(30)31-14-15-5-2-1-3-6-15)25-22-27-26-21(32-22)17-8-9-18-16(13-17)10-11-24-18/h1-3,5-6,8-11,13,19,24H,4,7,12,14H2,(H,25,27,29)/t19-/m0/s1. The van der Waals surface area contributed by atoms with Gasteiger partial charge in [0.2, 0.25) is 11.0 Å². The van der Waals surface area contributed by atoms with E-state index in [1.807, 2.05) is 60.8 Å². The first-order valence-corrected chi connectivity index (χ1v) is 11.2. The van der Waals surface area contributed by atoms with Crippen molar-refractivity contribution in [3.05, 3.63) is 66.4 Å². The van der Waals surface area contributed by atoms with Crippen LogP contribution in [0.1, 0.15) is 18.4 Å².